The predicted molar refractivity (Wildman–Crippen MR) is 179 cm³/mol. The highest BCUT2D eigenvalue weighted by atomic mass is 16.5. The molecule has 0 unspecified atom stereocenters. The Kier molecular flexibility index (Phi) is 11.1. The van der Waals surface area contributed by atoms with Crippen LogP contribution in [0.3, 0.4) is 0 Å². The second-order valence-corrected chi connectivity index (χ2v) is 10.7. The molecule has 0 amide bonds. The average Bonchev–Trinajstić information content (AvgIpc) is 3.08. The van der Waals surface area contributed by atoms with Gasteiger partial charge in [0.05, 0.1) is 0 Å². The maximum atomic E-state index is 11.4. The van der Waals surface area contributed by atoms with Gasteiger partial charge in [0.2, 0.25) is 0 Å². The topological polar surface area (TPSA) is 45.2 Å². The van der Waals surface area contributed by atoms with Crippen molar-refractivity contribution in [3.8, 4) is 11.5 Å². The standard InChI is InChI=1S/C30H28N2O3.2C4H8/c1-30(33,24-10-14-26(15-11-24)31-18-22-6-2-4-8-28(22)34-20-31)25-12-16-27(17-13-25)32-19-23-7-3-5-9-29(23)35-21-32;2*1-3-4-2/h2-17,33H,18-21H2,1H3;2*3H,1,4H2,2H3. The number of rotatable bonds is 6. The first-order valence-electron chi connectivity index (χ1n) is 15.0. The summed E-state index contributed by atoms with van der Waals surface area (Å²) in [6.45, 7) is 15.6. The fourth-order valence-corrected chi connectivity index (χ4v) is 4.84. The van der Waals surface area contributed by atoms with Gasteiger partial charge in [0.25, 0.3) is 0 Å². The van der Waals surface area contributed by atoms with Crippen LogP contribution in [0.4, 0.5) is 11.4 Å². The lowest BCUT2D eigenvalue weighted by molar-refractivity contribution is 0.102. The van der Waals surface area contributed by atoms with Crippen LogP contribution in [0, 0.1) is 0 Å². The van der Waals surface area contributed by atoms with Gasteiger partial charge < -0.3 is 24.4 Å². The van der Waals surface area contributed by atoms with E-state index in [0.29, 0.717) is 13.5 Å². The van der Waals surface area contributed by atoms with E-state index in [1.54, 1.807) is 0 Å². The van der Waals surface area contributed by atoms with Gasteiger partial charge in [-0.15, -0.1) is 13.2 Å². The summed E-state index contributed by atoms with van der Waals surface area (Å²) < 4.78 is 11.8. The van der Waals surface area contributed by atoms with E-state index >= 15 is 0 Å². The summed E-state index contributed by atoms with van der Waals surface area (Å²) >= 11 is 0. The monoisotopic (exact) mass is 576 g/mol. The van der Waals surface area contributed by atoms with Crippen molar-refractivity contribution in [3.63, 3.8) is 0 Å². The molecule has 0 spiro atoms. The number of hydrogen-bond acceptors (Lipinski definition) is 5. The average molecular weight is 577 g/mol. The molecule has 0 bridgehead atoms. The molecule has 2 heterocycles. The lowest BCUT2D eigenvalue weighted by Gasteiger charge is -2.32. The molecule has 6 rings (SSSR count). The molecule has 5 heteroatoms. The zero-order valence-corrected chi connectivity index (χ0v) is 25.7. The molecule has 1 N–H and O–H groups in total. The third kappa shape index (κ3) is 7.88. The number of anilines is 2. The van der Waals surface area contributed by atoms with E-state index in [0.717, 1.165) is 59.9 Å². The largest absolute Gasteiger partial charge is 0.473 e. The smallest absolute Gasteiger partial charge is 0.161 e. The van der Waals surface area contributed by atoms with Crippen molar-refractivity contribution in [2.45, 2.75) is 52.3 Å². The first kappa shape index (κ1) is 31.5. The lowest BCUT2D eigenvalue weighted by atomic mass is 9.88. The van der Waals surface area contributed by atoms with Crippen molar-refractivity contribution in [1.29, 1.82) is 0 Å². The van der Waals surface area contributed by atoms with E-state index in [-0.39, 0.29) is 0 Å². The van der Waals surface area contributed by atoms with Crippen LogP contribution >= 0.6 is 0 Å². The Morgan fingerprint density at radius 2 is 1.00 bits per heavy atom. The Morgan fingerprint density at radius 3 is 1.35 bits per heavy atom. The van der Waals surface area contributed by atoms with Gasteiger partial charge in [-0.25, -0.2) is 0 Å². The van der Waals surface area contributed by atoms with Gasteiger partial charge in [-0.05, 0) is 67.3 Å². The molecule has 4 aromatic rings. The Hall–Kier alpha value is -4.48. The van der Waals surface area contributed by atoms with Crippen molar-refractivity contribution in [2.75, 3.05) is 23.3 Å². The van der Waals surface area contributed by atoms with E-state index in [4.69, 9.17) is 9.47 Å². The summed E-state index contributed by atoms with van der Waals surface area (Å²) in [6, 6.07) is 32.5. The zero-order chi connectivity index (χ0) is 30.7. The molecule has 0 atom stereocenters. The number of para-hydroxylation sites is 2. The second-order valence-electron chi connectivity index (χ2n) is 10.7. The van der Waals surface area contributed by atoms with Crippen LogP contribution in [0.15, 0.2) is 122 Å². The van der Waals surface area contributed by atoms with E-state index in [1.165, 1.54) is 11.1 Å². The van der Waals surface area contributed by atoms with Gasteiger partial charge in [0.15, 0.2) is 13.5 Å². The first-order chi connectivity index (χ1) is 20.9. The molecule has 2 aliphatic rings. The number of aliphatic hydroxyl groups is 1. The number of hydrogen-bond donors (Lipinski definition) is 1. The molecule has 5 nitrogen and oxygen atoms in total. The number of nitrogens with zero attached hydrogens (tertiary/aromatic N) is 2. The van der Waals surface area contributed by atoms with Gasteiger partial charge in [0, 0.05) is 35.6 Å². The van der Waals surface area contributed by atoms with Crippen LogP contribution in [-0.4, -0.2) is 18.6 Å². The minimum atomic E-state index is -1.10. The molecule has 0 saturated carbocycles. The molecule has 4 aromatic carbocycles. The summed E-state index contributed by atoms with van der Waals surface area (Å²) in [5, 5.41) is 11.4. The summed E-state index contributed by atoms with van der Waals surface area (Å²) in [5.74, 6) is 1.90. The molecule has 0 radical (unpaired) electrons. The number of ether oxygens (including phenoxy) is 2. The van der Waals surface area contributed by atoms with Gasteiger partial charge >= 0.3 is 0 Å². The minimum Gasteiger partial charge on any atom is -0.473 e. The van der Waals surface area contributed by atoms with Crippen molar-refractivity contribution < 1.29 is 14.6 Å². The van der Waals surface area contributed by atoms with E-state index in [9.17, 15) is 5.11 Å². The zero-order valence-electron chi connectivity index (χ0n) is 25.7. The summed E-state index contributed by atoms with van der Waals surface area (Å²) in [7, 11) is 0. The van der Waals surface area contributed by atoms with Gasteiger partial charge in [0.1, 0.15) is 17.1 Å². The Labute approximate surface area is 257 Å². The third-order valence-corrected chi connectivity index (χ3v) is 7.59. The molecule has 224 valence electrons. The number of benzene rings is 4. The molecule has 0 aromatic heterocycles. The van der Waals surface area contributed by atoms with Crippen LogP contribution in [0.25, 0.3) is 0 Å². The molecular weight excluding hydrogens is 532 g/mol. The highest BCUT2D eigenvalue weighted by Crippen LogP contribution is 2.34. The maximum absolute atomic E-state index is 11.4. The molecular formula is C38H44N2O3. The maximum Gasteiger partial charge on any atom is 0.161 e. The minimum absolute atomic E-state index is 0.513. The normalized spacial score (nSPS) is 13.4. The Morgan fingerprint density at radius 1 is 0.651 bits per heavy atom. The summed E-state index contributed by atoms with van der Waals surface area (Å²) in [4.78, 5) is 4.38. The number of fused-ring (bicyclic) bond motifs is 2. The Balaban J connectivity index is 0.000000474. The van der Waals surface area contributed by atoms with Crippen LogP contribution in [0.5, 0.6) is 11.5 Å². The van der Waals surface area contributed by atoms with E-state index in [2.05, 4.69) is 73.2 Å². The van der Waals surface area contributed by atoms with Gasteiger partial charge in [-0.1, -0.05) is 86.7 Å². The predicted octanol–water partition coefficient (Wildman–Crippen LogP) is 8.82. The van der Waals surface area contributed by atoms with Crippen molar-refractivity contribution in [3.05, 3.63) is 145 Å². The fourth-order valence-electron chi connectivity index (χ4n) is 4.84. The lowest BCUT2D eigenvalue weighted by Crippen LogP contribution is -2.32. The van der Waals surface area contributed by atoms with E-state index < -0.39 is 5.60 Å². The van der Waals surface area contributed by atoms with Crippen molar-refractivity contribution in [2.24, 2.45) is 0 Å². The molecule has 0 fully saturated rings. The van der Waals surface area contributed by atoms with Crippen molar-refractivity contribution in [1.82, 2.24) is 0 Å². The Bertz CT molecular complexity index is 1350. The highest BCUT2D eigenvalue weighted by molar-refractivity contribution is 5.54. The fraction of sp³-hybridized carbons (Fsp3) is 0.263. The van der Waals surface area contributed by atoms with Crippen LogP contribution < -0.4 is 19.3 Å². The molecule has 2 aliphatic heterocycles. The van der Waals surface area contributed by atoms with Gasteiger partial charge in [-0.3, -0.25) is 0 Å². The molecule has 0 saturated heterocycles. The first-order valence-corrected chi connectivity index (χ1v) is 15.0. The van der Waals surface area contributed by atoms with Crippen LogP contribution in [-0.2, 0) is 18.7 Å². The van der Waals surface area contributed by atoms with Crippen LogP contribution in [0.2, 0.25) is 0 Å². The molecule has 43 heavy (non-hydrogen) atoms. The molecule has 0 aliphatic carbocycles. The van der Waals surface area contributed by atoms with Crippen molar-refractivity contribution >= 4 is 11.4 Å². The van der Waals surface area contributed by atoms with Gasteiger partial charge in [-0.2, -0.15) is 0 Å². The van der Waals surface area contributed by atoms with Crippen LogP contribution in [0.1, 0.15) is 55.9 Å². The quantitative estimate of drug-likeness (QED) is 0.232. The summed E-state index contributed by atoms with van der Waals surface area (Å²) in [5.41, 5.74) is 5.09. The van der Waals surface area contributed by atoms with E-state index in [1.807, 2.05) is 79.7 Å². The number of allylic oxidation sites excluding steroid dienone is 2. The third-order valence-electron chi connectivity index (χ3n) is 7.59. The summed E-state index contributed by atoms with van der Waals surface area (Å²) in [6.07, 6.45) is 5.92. The highest BCUT2D eigenvalue weighted by Gasteiger charge is 2.27. The second kappa shape index (κ2) is 15.1. The SMILES string of the molecule is C=CCC.C=CCC.CC(O)(c1ccc(N2COc3ccccc3C2)cc1)c1ccc(N2COc3ccccc3C2)cc1.